The molecule has 1 amide bonds. The number of thioether (sulfide) groups is 1. The van der Waals surface area contributed by atoms with Gasteiger partial charge in [0.25, 0.3) is 0 Å². The van der Waals surface area contributed by atoms with Gasteiger partial charge in [0.05, 0.1) is 6.61 Å². The molecule has 0 spiro atoms. The van der Waals surface area contributed by atoms with E-state index in [0.29, 0.717) is 11.6 Å². The quantitative estimate of drug-likeness (QED) is 0.817. The van der Waals surface area contributed by atoms with Crippen molar-refractivity contribution >= 4 is 29.5 Å². The third-order valence-corrected chi connectivity index (χ3v) is 6.44. The number of ether oxygens (including phenoxy) is 4. The highest BCUT2D eigenvalue weighted by Crippen LogP contribution is 2.41. The van der Waals surface area contributed by atoms with Crippen molar-refractivity contribution in [2.24, 2.45) is 0 Å². The number of amides is 1. The fraction of sp³-hybridized carbons (Fsp3) is 0.350. The zero-order valence-corrected chi connectivity index (χ0v) is 16.3. The Morgan fingerprint density at radius 3 is 2.57 bits per heavy atom. The fourth-order valence-electron chi connectivity index (χ4n) is 3.69. The average molecular weight is 420 g/mol. The average Bonchev–Trinajstić information content (AvgIpc) is 3.12. The molecule has 28 heavy (non-hydrogen) atoms. The van der Waals surface area contributed by atoms with E-state index >= 15 is 0 Å². The van der Waals surface area contributed by atoms with Gasteiger partial charge in [-0.05, 0) is 24.3 Å². The maximum Gasteiger partial charge on any atom is 0.408 e. The molecule has 0 saturated carbocycles. The number of nitrogens with one attached hydrogen (secondary N) is 1. The molecular weight excluding hydrogens is 402 g/mol. The lowest BCUT2D eigenvalue weighted by Crippen LogP contribution is -2.61. The number of hydrogen-bond acceptors (Lipinski definition) is 6. The van der Waals surface area contributed by atoms with E-state index in [2.05, 4.69) is 5.32 Å². The second-order valence-corrected chi connectivity index (χ2v) is 8.44. The third kappa shape index (κ3) is 3.49. The van der Waals surface area contributed by atoms with Gasteiger partial charge in [-0.3, -0.25) is 0 Å². The molecule has 3 heterocycles. The summed E-state index contributed by atoms with van der Waals surface area (Å²) < 4.78 is 23.9. The topological polar surface area (TPSA) is 66.0 Å². The van der Waals surface area contributed by atoms with E-state index < -0.39 is 24.6 Å². The van der Waals surface area contributed by atoms with Gasteiger partial charge < -0.3 is 24.3 Å². The Morgan fingerprint density at radius 2 is 1.79 bits per heavy atom. The number of halogens is 1. The van der Waals surface area contributed by atoms with Crippen LogP contribution in [-0.4, -0.2) is 42.5 Å². The van der Waals surface area contributed by atoms with Crippen molar-refractivity contribution < 1.29 is 23.7 Å². The number of hydrogen-bond donors (Lipinski definition) is 1. The van der Waals surface area contributed by atoms with Crippen LogP contribution in [0.5, 0.6) is 0 Å². The summed E-state index contributed by atoms with van der Waals surface area (Å²) >= 11 is 7.49. The van der Waals surface area contributed by atoms with Gasteiger partial charge in [0, 0.05) is 15.5 Å². The number of benzene rings is 2. The number of fused-ring (bicyclic) bond motifs is 3. The summed E-state index contributed by atoms with van der Waals surface area (Å²) in [7, 11) is 0. The van der Waals surface area contributed by atoms with Crippen LogP contribution in [0.25, 0.3) is 0 Å². The third-order valence-electron chi connectivity index (χ3n) is 5.00. The van der Waals surface area contributed by atoms with E-state index in [1.165, 1.54) is 11.8 Å². The molecular formula is C20H18ClNO5S. The highest BCUT2D eigenvalue weighted by Gasteiger charge is 2.55. The van der Waals surface area contributed by atoms with Crippen LogP contribution < -0.4 is 5.32 Å². The van der Waals surface area contributed by atoms with Gasteiger partial charge in [-0.2, -0.15) is 0 Å². The summed E-state index contributed by atoms with van der Waals surface area (Å²) in [6.45, 7) is 0.364. The van der Waals surface area contributed by atoms with Crippen LogP contribution in [0.3, 0.4) is 0 Å². The van der Waals surface area contributed by atoms with Crippen LogP contribution >= 0.6 is 23.4 Å². The minimum absolute atomic E-state index is 0.316. The zero-order valence-electron chi connectivity index (χ0n) is 14.7. The number of carbonyl (C=O) groups excluding carboxylic acids is 1. The molecule has 1 N–H and O–H groups in total. The van der Waals surface area contributed by atoms with Gasteiger partial charge in [0.15, 0.2) is 12.4 Å². The summed E-state index contributed by atoms with van der Waals surface area (Å²) in [4.78, 5) is 13.0. The highest BCUT2D eigenvalue weighted by molar-refractivity contribution is 7.99. The molecule has 3 saturated heterocycles. The van der Waals surface area contributed by atoms with E-state index in [4.69, 9.17) is 30.5 Å². The second-order valence-electron chi connectivity index (χ2n) is 6.83. The lowest BCUT2D eigenvalue weighted by atomic mass is 9.97. The molecule has 3 unspecified atom stereocenters. The van der Waals surface area contributed by atoms with Crippen molar-refractivity contribution in [2.45, 2.75) is 41.0 Å². The first kappa shape index (κ1) is 18.3. The van der Waals surface area contributed by atoms with Crippen molar-refractivity contribution in [1.82, 2.24) is 5.32 Å². The van der Waals surface area contributed by atoms with E-state index in [1.807, 2.05) is 54.6 Å². The second kappa shape index (κ2) is 7.57. The van der Waals surface area contributed by atoms with Crippen molar-refractivity contribution in [3.8, 4) is 0 Å². The standard InChI is InChI=1S/C20H18ClNO5S/c21-12-6-8-13(9-7-12)28-19-15-17(27-20(23)22-15)16-14(25-19)10-24-18(26-16)11-4-2-1-3-5-11/h1-9,14-19H,10H2,(H,22,23)/t14?,15?,16-,17-,18?,19+/m1/s1. The maximum atomic E-state index is 12.0. The maximum absolute atomic E-state index is 12.0. The minimum Gasteiger partial charge on any atom is -0.441 e. The predicted molar refractivity (Wildman–Crippen MR) is 103 cm³/mol. The van der Waals surface area contributed by atoms with Crippen molar-refractivity contribution in [3.63, 3.8) is 0 Å². The molecule has 5 rings (SSSR count). The van der Waals surface area contributed by atoms with Gasteiger partial charge >= 0.3 is 6.09 Å². The largest absolute Gasteiger partial charge is 0.441 e. The summed E-state index contributed by atoms with van der Waals surface area (Å²) in [5.41, 5.74) is 0.604. The summed E-state index contributed by atoms with van der Waals surface area (Å²) in [5, 5.41) is 3.54. The molecule has 0 aliphatic carbocycles. The van der Waals surface area contributed by atoms with Crippen molar-refractivity contribution in [1.29, 1.82) is 0 Å². The Hall–Kier alpha value is -1.77. The first-order valence-corrected chi connectivity index (χ1v) is 10.3. The summed E-state index contributed by atoms with van der Waals surface area (Å²) in [6.07, 6.45) is -2.12. The monoisotopic (exact) mass is 419 g/mol. The molecule has 146 valence electrons. The first-order chi connectivity index (χ1) is 13.7. The van der Waals surface area contributed by atoms with E-state index in [0.717, 1.165) is 10.5 Å². The predicted octanol–water partition coefficient (Wildman–Crippen LogP) is 3.75. The molecule has 3 aliphatic rings. The Labute approximate surface area is 171 Å². The molecule has 8 heteroatoms. The number of alkyl carbamates (subject to hydrolysis) is 1. The Morgan fingerprint density at radius 1 is 1.00 bits per heavy atom. The lowest BCUT2D eigenvalue weighted by molar-refractivity contribution is -0.300. The van der Waals surface area contributed by atoms with Gasteiger partial charge in [0.2, 0.25) is 0 Å². The van der Waals surface area contributed by atoms with Crippen LogP contribution in [0.2, 0.25) is 5.02 Å². The van der Waals surface area contributed by atoms with Crippen LogP contribution in [0.1, 0.15) is 11.9 Å². The molecule has 0 bridgehead atoms. The molecule has 6 atom stereocenters. The highest BCUT2D eigenvalue weighted by atomic mass is 35.5. The number of rotatable bonds is 3. The van der Waals surface area contributed by atoms with Crippen LogP contribution in [0.4, 0.5) is 4.79 Å². The lowest BCUT2D eigenvalue weighted by Gasteiger charge is -2.45. The molecule has 3 fully saturated rings. The molecule has 0 radical (unpaired) electrons. The van der Waals surface area contributed by atoms with E-state index in [1.54, 1.807) is 0 Å². The normalized spacial score (nSPS) is 34.1. The Bertz CT molecular complexity index is 851. The van der Waals surface area contributed by atoms with Gasteiger partial charge in [-0.15, -0.1) is 0 Å². The van der Waals surface area contributed by atoms with Gasteiger partial charge in [-0.25, -0.2) is 4.79 Å². The van der Waals surface area contributed by atoms with Crippen LogP contribution in [-0.2, 0) is 18.9 Å². The first-order valence-electron chi connectivity index (χ1n) is 9.04. The van der Waals surface area contributed by atoms with Crippen LogP contribution in [0.15, 0.2) is 59.5 Å². The number of carbonyl (C=O) groups is 1. The smallest absolute Gasteiger partial charge is 0.408 e. The molecule has 0 aromatic heterocycles. The van der Waals surface area contributed by atoms with E-state index in [9.17, 15) is 4.79 Å². The van der Waals surface area contributed by atoms with Crippen molar-refractivity contribution in [2.75, 3.05) is 6.61 Å². The van der Waals surface area contributed by atoms with E-state index in [-0.39, 0.29) is 17.6 Å². The molecule has 2 aromatic rings. The molecule has 6 nitrogen and oxygen atoms in total. The fourth-order valence-corrected chi connectivity index (χ4v) is 4.94. The summed E-state index contributed by atoms with van der Waals surface area (Å²) in [6, 6.07) is 16.9. The van der Waals surface area contributed by atoms with Gasteiger partial charge in [-0.1, -0.05) is 53.7 Å². The van der Waals surface area contributed by atoms with Crippen LogP contribution in [0, 0.1) is 0 Å². The van der Waals surface area contributed by atoms with Gasteiger partial charge in [0.1, 0.15) is 23.7 Å². The van der Waals surface area contributed by atoms with Crippen molar-refractivity contribution in [3.05, 3.63) is 65.2 Å². The Kier molecular flexibility index (Phi) is 4.94. The SMILES string of the molecule is O=C1NC2[C@@H](O1)[C@@H]1OC(c3ccccc3)OCC1O[C@H]2Sc1ccc(Cl)cc1. The summed E-state index contributed by atoms with van der Waals surface area (Å²) in [5.74, 6) is 0. The minimum atomic E-state index is -0.508. The molecule has 2 aromatic carbocycles. The zero-order chi connectivity index (χ0) is 19.1. The molecule has 3 aliphatic heterocycles. The Balaban J connectivity index is 1.36.